The van der Waals surface area contributed by atoms with Crippen LogP contribution in [0, 0.1) is 0 Å². The molecule has 3 N–H and O–H groups in total. The van der Waals surface area contributed by atoms with Crippen molar-refractivity contribution in [2.75, 3.05) is 12.3 Å². The van der Waals surface area contributed by atoms with Crippen LogP contribution in [-0.2, 0) is 16.6 Å². The monoisotopic (exact) mass is 251 g/mol. The summed E-state index contributed by atoms with van der Waals surface area (Å²) in [6.45, 7) is 1.36. The Labute approximate surface area is 103 Å². The van der Waals surface area contributed by atoms with E-state index in [1.807, 2.05) is 0 Å². The molecule has 8 heteroatoms. The maximum absolute atomic E-state index is 12.2. The minimum absolute atomic E-state index is 0.0480. The van der Waals surface area contributed by atoms with E-state index in [0.29, 0.717) is 0 Å². The van der Waals surface area contributed by atoms with E-state index >= 15 is 0 Å². The van der Waals surface area contributed by atoms with Crippen molar-refractivity contribution in [2.24, 2.45) is 7.05 Å². The zero-order valence-corrected chi connectivity index (χ0v) is 10.0. The van der Waals surface area contributed by atoms with Crippen LogP contribution in [-0.4, -0.2) is 45.0 Å². The Morgan fingerprint density at radius 2 is 2.22 bits per heavy atom. The van der Waals surface area contributed by atoms with Gasteiger partial charge in [0.1, 0.15) is 12.6 Å². The van der Waals surface area contributed by atoms with Gasteiger partial charge in [0.15, 0.2) is 5.69 Å². The highest BCUT2D eigenvalue weighted by Gasteiger charge is 2.35. The van der Waals surface area contributed by atoms with Crippen LogP contribution in [0.5, 0.6) is 0 Å². The van der Waals surface area contributed by atoms with Crippen LogP contribution in [0.3, 0.4) is 0 Å². The zero-order valence-electron chi connectivity index (χ0n) is 10.0. The molecule has 1 aliphatic heterocycles. The van der Waals surface area contributed by atoms with E-state index in [2.05, 4.69) is 10.4 Å². The van der Waals surface area contributed by atoms with E-state index in [0.717, 1.165) is 4.90 Å². The number of aromatic nitrogens is 2. The molecule has 0 bridgehead atoms. The third-order valence-electron chi connectivity index (χ3n) is 2.74. The van der Waals surface area contributed by atoms with Crippen molar-refractivity contribution in [1.82, 2.24) is 20.0 Å². The molecule has 0 aliphatic carbocycles. The SMILES string of the molecule is CC1C(=O)NC(=O)CN1C(=O)c1nn(C)cc1N. The van der Waals surface area contributed by atoms with Crippen LogP contribution >= 0.6 is 0 Å². The maximum Gasteiger partial charge on any atom is 0.277 e. The van der Waals surface area contributed by atoms with Crippen LogP contribution in [0.2, 0.25) is 0 Å². The highest BCUT2D eigenvalue weighted by atomic mass is 16.2. The van der Waals surface area contributed by atoms with Gasteiger partial charge in [0, 0.05) is 13.2 Å². The van der Waals surface area contributed by atoms with Gasteiger partial charge in [0.05, 0.1) is 5.69 Å². The quantitative estimate of drug-likeness (QED) is 0.589. The third-order valence-corrected chi connectivity index (χ3v) is 2.74. The summed E-state index contributed by atoms with van der Waals surface area (Å²) in [5.74, 6) is -1.54. The lowest BCUT2D eigenvalue weighted by atomic mass is 10.2. The number of nitrogens with one attached hydrogen (secondary N) is 1. The molecular weight excluding hydrogens is 238 g/mol. The first-order valence-electron chi connectivity index (χ1n) is 5.34. The van der Waals surface area contributed by atoms with Gasteiger partial charge >= 0.3 is 0 Å². The third kappa shape index (κ3) is 1.92. The van der Waals surface area contributed by atoms with Crippen molar-refractivity contribution in [3.63, 3.8) is 0 Å². The van der Waals surface area contributed by atoms with Crippen molar-refractivity contribution in [2.45, 2.75) is 13.0 Å². The molecule has 1 unspecified atom stereocenters. The first kappa shape index (κ1) is 12.1. The molecular formula is C10H13N5O3. The summed E-state index contributed by atoms with van der Waals surface area (Å²) < 4.78 is 1.40. The zero-order chi connectivity index (χ0) is 13.4. The minimum atomic E-state index is -0.725. The number of imide groups is 1. The Kier molecular flexibility index (Phi) is 2.77. The standard InChI is InChI=1S/C10H13N5O3/c1-5-9(17)12-7(16)4-15(5)10(18)8-6(11)3-14(2)13-8/h3,5H,4,11H2,1-2H3,(H,12,16,17). The molecule has 0 radical (unpaired) electrons. The van der Waals surface area contributed by atoms with Crippen LogP contribution in [0.15, 0.2) is 6.20 Å². The lowest BCUT2D eigenvalue weighted by Crippen LogP contribution is -2.58. The molecule has 1 saturated heterocycles. The maximum atomic E-state index is 12.2. The summed E-state index contributed by atoms with van der Waals surface area (Å²) in [5.41, 5.74) is 5.91. The highest BCUT2D eigenvalue weighted by molar-refractivity contribution is 6.07. The summed E-state index contributed by atoms with van der Waals surface area (Å²) in [6, 6.07) is -0.725. The van der Waals surface area contributed by atoms with E-state index in [1.54, 1.807) is 14.0 Å². The van der Waals surface area contributed by atoms with E-state index in [9.17, 15) is 14.4 Å². The Bertz CT molecular complexity index is 536. The summed E-state index contributed by atoms with van der Waals surface area (Å²) in [5, 5.41) is 6.08. The Morgan fingerprint density at radius 1 is 1.56 bits per heavy atom. The topological polar surface area (TPSA) is 110 Å². The summed E-state index contributed by atoms with van der Waals surface area (Å²) >= 11 is 0. The highest BCUT2D eigenvalue weighted by Crippen LogP contribution is 2.15. The molecule has 3 amide bonds. The number of hydrogen-bond donors (Lipinski definition) is 2. The second-order valence-electron chi connectivity index (χ2n) is 4.13. The van der Waals surface area contributed by atoms with Gasteiger partial charge in [-0.05, 0) is 6.92 Å². The van der Waals surface area contributed by atoms with Gasteiger partial charge in [-0.3, -0.25) is 24.4 Å². The molecule has 1 atom stereocenters. The van der Waals surface area contributed by atoms with Crippen LogP contribution < -0.4 is 11.1 Å². The van der Waals surface area contributed by atoms with E-state index in [1.165, 1.54) is 10.9 Å². The van der Waals surface area contributed by atoms with Crippen molar-refractivity contribution in [3.8, 4) is 0 Å². The molecule has 0 aromatic carbocycles. The number of nitrogen functional groups attached to an aromatic ring is 1. The van der Waals surface area contributed by atoms with Gasteiger partial charge in [-0.15, -0.1) is 0 Å². The lowest BCUT2D eigenvalue weighted by molar-refractivity contribution is -0.138. The molecule has 0 saturated carbocycles. The molecule has 18 heavy (non-hydrogen) atoms. The molecule has 1 aromatic rings. The molecule has 8 nitrogen and oxygen atoms in total. The fraction of sp³-hybridized carbons (Fsp3) is 0.400. The molecule has 1 aromatic heterocycles. The second-order valence-corrected chi connectivity index (χ2v) is 4.13. The predicted octanol–water partition coefficient (Wildman–Crippen LogP) is -1.51. The Morgan fingerprint density at radius 3 is 2.78 bits per heavy atom. The average Bonchev–Trinajstić information content (AvgIpc) is 2.62. The van der Waals surface area contributed by atoms with Gasteiger partial charge < -0.3 is 10.6 Å². The van der Waals surface area contributed by atoms with Gasteiger partial charge in [-0.25, -0.2) is 0 Å². The van der Waals surface area contributed by atoms with Crippen LogP contribution in [0.1, 0.15) is 17.4 Å². The largest absolute Gasteiger partial charge is 0.396 e. The number of nitrogens with zero attached hydrogens (tertiary/aromatic N) is 3. The van der Waals surface area contributed by atoms with Crippen LogP contribution in [0.25, 0.3) is 0 Å². The van der Waals surface area contributed by atoms with Gasteiger partial charge in [-0.1, -0.05) is 0 Å². The fourth-order valence-corrected chi connectivity index (χ4v) is 1.77. The van der Waals surface area contributed by atoms with Crippen LogP contribution in [0.4, 0.5) is 5.69 Å². The van der Waals surface area contributed by atoms with Crippen molar-refractivity contribution >= 4 is 23.4 Å². The van der Waals surface area contributed by atoms with Crippen molar-refractivity contribution in [1.29, 1.82) is 0 Å². The van der Waals surface area contributed by atoms with E-state index in [-0.39, 0.29) is 17.9 Å². The minimum Gasteiger partial charge on any atom is -0.396 e. The molecule has 1 fully saturated rings. The van der Waals surface area contributed by atoms with Crippen molar-refractivity contribution in [3.05, 3.63) is 11.9 Å². The smallest absolute Gasteiger partial charge is 0.277 e. The number of nitrogens with two attached hydrogens (primary N) is 1. The summed E-state index contributed by atoms with van der Waals surface area (Å²) in [6.07, 6.45) is 1.49. The predicted molar refractivity (Wildman–Crippen MR) is 61.3 cm³/mol. The lowest BCUT2D eigenvalue weighted by Gasteiger charge is -2.31. The number of hydrogen-bond acceptors (Lipinski definition) is 5. The number of anilines is 1. The molecule has 96 valence electrons. The molecule has 2 heterocycles. The number of amides is 3. The van der Waals surface area contributed by atoms with Gasteiger partial charge in [0.2, 0.25) is 11.8 Å². The number of piperazine rings is 1. The number of rotatable bonds is 1. The molecule has 0 spiro atoms. The molecule has 1 aliphatic rings. The van der Waals surface area contributed by atoms with Gasteiger partial charge in [-0.2, -0.15) is 5.10 Å². The van der Waals surface area contributed by atoms with E-state index in [4.69, 9.17) is 5.73 Å². The first-order chi connectivity index (χ1) is 8.40. The second kappa shape index (κ2) is 4.13. The van der Waals surface area contributed by atoms with Gasteiger partial charge in [0.25, 0.3) is 5.91 Å². The summed E-state index contributed by atoms with van der Waals surface area (Å²) in [7, 11) is 1.63. The summed E-state index contributed by atoms with van der Waals surface area (Å²) in [4.78, 5) is 36.1. The Hall–Kier alpha value is -2.38. The number of carbonyl (C=O) groups excluding carboxylic acids is 3. The normalized spacial score (nSPS) is 19.9. The average molecular weight is 251 g/mol. The number of aryl methyl sites for hydroxylation is 1. The Balaban J connectivity index is 2.30. The molecule has 2 rings (SSSR count). The first-order valence-corrected chi connectivity index (χ1v) is 5.34. The number of carbonyl (C=O) groups is 3. The van der Waals surface area contributed by atoms with Crippen molar-refractivity contribution < 1.29 is 14.4 Å². The van der Waals surface area contributed by atoms with E-state index < -0.39 is 23.8 Å². The fourth-order valence-electron chi connectivity index (χ4n) is 1.77.